The van der Waals surface area contributed by atoms with Crippen molar-refractivity contribution in [2.75, 3.05) is 0 Å². The molecule has 0 fully saturated rings. The Balaban J connectivity index is 1.21. The summed E-state index contributed by atoms with van der Waals surface area (Å²) in [6, 6.07) is 50.1. The van der Waals surface area contributed by atoms with Crippen LogP contribution in [-0.4, -0.2) is 9.13 Å². The highest BCUT2D eigenvalue weighted by molar-refractivity contribution is 6.13. The van der Waals surface area contributed by atoms with E-state index in [1.807, 2.05) is 75.9 Å². The summed E-state index contributed by atoms with van der Waals surface area (Å²) in [6.07, 6.45) is -13.9. The molecule has 11 aromatic rings. The van der Waals surface area contributed by atoms with E-state index in [2.05, 4.69) is 6.07 Å². The molecule has 0 unspecified atom stereocenters. The predicted octanol–water partition coefficient (Wildman–Crippen LogP) is 18.4. The smallest absolute Gasteiger partial charge is 0.309 e. The second-order valence-electron chi connectivity index (χ2n) is 18.3. The van der Waals surface area contributed by atoms with Gasteiger partial charge in [-0.15, -0.1) is 0 Å². The highest BCUT2D eigenvalue weighted by Gasteiger charge is 2.36. The first-order chi connectivity index (χ1) is 34.8. The number of nitrogens with zero attached hydrogens (tertiary/aromatic N) is 3. The molecule has 0 aliphatic rings. The maximum Gasteiger partial charge on any atom is 0.417 e. The summed E-state index contributed by atoms with van der Waals surface area (Å²) in [7, 11) is 0. The van der Waals surface area contributed by atoms with Crippen molar-refractivity contribution in [2.45, 2.75) is 39.3 Å². The number of hydrogen-bond donors (Lipinski definition) is 0. The third-order valence-electron chi connectivity index (χ3n) is 13.8. The van der Waals surface area contributed by atoms with Crippen LogP contribution in [0.5, 0.6) is 0 Å². The van der Waals surface area contributed by atoms with Crippen molar-refractivity contribution in [2.24, 2.45) is 0 Å². The van der Waals surface area contributed by atoms with E-state index in [0.717, 1.165) is 40.6 Å². The molecule has 360 valence electrons. The molecule has 0 bridgehead atoms. The van der Waals surface area contributed by atoms with Crippen LogP contribution < -0.4 is 0 Å². The molecule has 3 nitrogen and oxygen atoms in total. The first kappa shape index (κ1) is 46.8. The molecule has 0 aliphatic carbocycles. The fraction of sp³-hybridized carbons (Fsp3) is 0.0984. The van der Waals surface area contributed by atoms with E-state index in [1.54, 1.807) is 87.5 Å². The first-order valence-electron chi connectivity index (χ1n) is 23.1. The van der Waals surface area contributed by atoms with Gasteiger partial charge in [-0.1, -0.05) is 90.5 Å². The molecule has 2 aromatic heterocycles. The zero-order valence-corrected chi connectivity index (χ0v) is 39.0. The Morgan fingerprint density at radius 1 is 0.384 bits per heavy atom. The highest BCUT2D eigenvalue weighted by Crippen LogP contribution is 2.47. The summed E-state index contributed by atoms with van der Waals surface area (Å²) in [6.45, 7) is 4.84. The first-order valence-corrected chi connectivity index (χ1v) is 23.1. The van der Waals surface area contributed by atoms with Crippen molar-refractivity contribution in [1.29, 1.82) is 5.26 Å². The molecule has 0 saturated heterocycles. The van der Waals surface area contributed by atoms with Gasteiger partial charge >= 0.3 is 18.5 Å². The lowest BCUT2D eigenvalue weighted by atomic mass is 9.90. The van der Waals surface area contributed by atoms with Crippen LogP contribution in [0.2, 0.25) is 0 Å². The average molecular weight is 984 g/mol. The molecule has 0 radical (unpaired) electrons. The van der Waals surface area contributed by atoms with Gasteiger partial charge in [0.25, 0.3) is 0 Å². The van der Waals surface area contributed by atoms with E-state index in [1.165, 1.54) is 18.2 Å². The van der Waals surface area contributed by atoms with Crippen molar-refractivity contribution < 1.29 is 39.5 Å². The monoisotopic (exact) mass is 983 g/mol. The van der Waals surface area contributed by atoms with Crippen molar-refractivity contribution in [1.82, 2.24) is 9.13 Å². The lowest BCUT2D eigenvalue weighted by molar-refractivity contribution is -0.138. The van der Waals surface area contributed by atoms with Gasteiger partial charge in [0.1, 0.15) is 0 Å². The number of benzene rings is 9. The number of nitriles is 1. The molecule has 0 spiro atoms. The second kappa shape index (κ2) is 17.1. The standard InChI is InChI=1S/C61H38F9N3/c1-34-15-21-43(51(27-34)61(68,69)70)39-18-25-56-48(31-39)45-11-5-7-14-53(45)73(56)57-26-19-40(58-35(2)9-8-12-50(58)60(65,66)67)32-49(57)46-29-37(33-71)16-23-54(46)72-52-13-6-4-10-44(52)47-30-38(17-24-55(47)72)42-22-20-41(28-36(42)3)59(62,63)64/h4-32H,1-3H3. The van der Waals surface area contributed by atoms with Crippen molar-refractivity contribution in [3.8, 4) is 62.0 Å². The van der Waals surface area contributed by atoms with E-state index in [9.17, 15) is 44.8 Å². The van der Waals surface area contributed by atoms with E-state index < -0.39 is 35.2 Å². The van der Waals surface area contributed by atoms with Crippen LogP contribution >= 0.6 is 0 Å². The molecular formula is C61H38F9N3. The van der Waals surface area contributed by atoms with Crippen LogP contribution in [0.1, 0.15) is 38.9 Å². The summed E-state index contributed by atoms with van der Waals surface area (Å²) < 4.78 is 134. The van der Waals surface area contributed by atoms with Crippen LogP contribution in [0.25, 0.3) is 99.5 Å². The molecule has 0 N–H and O–H groups in total. The van der Waals surface area contributed by atoms with Crippen molar-refractivity contribution in [3.63, 3.8) is 0 Å². The van der Waals surface area contributed by atoms with Crippen LogP contribution in [0.3, 0.4) is 0 Å². The van der Waals surface area contributed by atoms with Crippen LogP contribution in [0.15, 0.2) is 176 Å². The quantitative estimate of drug-likeness (QED) is 0.153. The van der Waals surface area contributed by atoms with E-state index >= 15 is 0 Å². The van der Waals surface area contributed by atoms with Crippen LogP contribution in [0, 0.1) is 32.1 Å². The van der Waals surface area contributed by atoms with Crippen LogP contribution in [0.4, 0.5) is 39.5 Å². The number of rotatable bonds is 6. The van der Waals surface area contributed by atoms with E-state index in [-0.39, 0.29) is 22.3 Å². The Morgan fingerprint density at radius 2 is 0.918 bits per heavy atom. The minimum Gasteiger partial charge on any atom is -0.309 e. The third kappa shape index (κ3) is 7.96. The van der Waals surface area contributed by atoms with Crippen molar-refractivity contribution >= 4 is 43.6 Å². The average Bonchev–Trinajstić information content (AvgIpc) is 3.87. The van der Waals surface area contributed by atoms with Gasteiger partial charge in [-0.05, 0) is 156 Å². The zero-order valence-electron chi connectivity index (χ0n) is 39.0. The molecule has 0 amide bonds. The normalized spacial score (nSPS) is 12.4. The third-order valence-corrected chi connectivity index (χ3v) is 13.8. The van der Waals surface area contributed by atoms with Gasteiger partial charge in [-0.2, -0.15) is 44.8 Å². The fourth-order valence-electron chi connectivity index (χ4n) is 10.5. The minimum absolute atomic E-state index is 0.00586. The SMILES string of the molecule is Cc1ccc(-c2ccc3c(c2)c2ccccc2n3-c2ccc(-c3c(C)cccc3C(F)(F)F)cc2-c2cc(C#N)ccc2-n2c3ccccc3c3cc(-c4ccc(C(F)(F)F)cc4C)ccc32)c(C(F)(F)F)c1. The summed E-state index contributed by atoms with van der Waals surface area (Å²) in [5, 5.41) is 13.4. The second-order valence-corrected chi connectivity index (χ2v) is 18.3. The Kier molecular flexibility index (Phi) is 10.9. The van der Waals surface area contributed by atoms with Crippen LogP contribution in [-0.2, 0) is 18.5 Å². The molecule has 11 rings (SSSR count). The lowest BCUT2D eigenvalue weighted by Crippen LogP contribution is -2.08. The van der Waals surface area contributed by atoms with Gasteiger partial charge in [0, 0.05) is 32.7 Å². The largest absolute Gasteiger partial charge is 0.417 e. The number of halogens is 9. The number of hydrogen-bond acceptors (Lipinski definition) is 1. The van der Waals surface area contributed by atoms with Crippen molar-refractivity contribution in [3.05, 3.63) is 215 Å². The minimum atomic E-state index is -4.72. The van der Waals surface area contributed by atoms with Gasteiger partial charge in [-0.25, -0.2) is 0 Å². The maximum atomic E-state index is 15.0. The van der Waals surface area contributed by atoms with Gasteiger partial charge in [-0.3, -0.25) is 0 Å². The topological polar surface area (TPSA) is 33.6 Å². The highest BCUT2D eigenvalue weighted by atomic mass is 19.4. The molecule has 9 aromatic carbocycles. The fourth-order valence-corrected chi connectivity index (χ4v) is 10.5. The molecule has 0 aliphatic heterocycles. The molecular weight excluding hydrogens is 946 g/mol. The van der Waals surface area contributed by atoms with Gasteiger partial charge in [0.2, 0.25) is 0 Å². The summed E-state index contributed by atoms with van der Waals surface area (Å²) in [5.41, 5.74) is 5.69. The number of alkyl halides is 9. The summed E-state index contributed by atoms with van der Waals surface area (Å²) in [5.74, 6) is 0. The molecule has 12 heteroatoms. The molecule has 2 heterocycles. The Labute approximate surface area is 412 Å². The number of aromatic nitrogens is 2. The van der Waals surface area contributed by atoms with E-state index in [0.29, 0.717) is 83.2 Å². The summed E-state index contributed by atoms with van der Waals surface area (Å²) in [4.78, 5) is 0. The van der Waals surface area contributed by atoms with E-state index in [4.69, 9.17) is 0 Å². The van der Waals surface area contributed by atoms with Gasteiger partial charge < -0.3 is 9.13 Å². The van der Waals surface area contributed by atoms with Gasteiger partial charge in [0.15, 0.2) is 0 Å². The lowest BCUT2D eigenvalue weighted by Gasteiger charge is -2.21. The Hall–Kier alpha value is -8.56. The molecule has 73 heavy (non-hydrogen) atoms. The summed E-state index contributed by atoms with van der Waals surface area (Å²) >= 11 is 0. The Morgan fingerprint density at radius 3 is 1.49 bits per heavy atom. The number of para-hydroxylation sites is 2. The maximum absolute atomic E-state index is 15.0. The molecule has 0 saturated carbocycles. The molecule has 0 atom stereocenters. The Bertz CT molecular complexity index is 4100. The number of fused-ring (bicyclic) bond motifs is 6. The predicted molar refractivity (Wildman–Crippen MR) is 271 cm³/mol. The van der Waals surface area contributed by atoms with Gasteiger partial charge in [0.05, 0.1) is 61.8 Å². The zero-order chi connectivity index (χ0) is 51.3. The number of aryl methyl sites for hydroxylation is 3.